The predicted octanol–water partition coefficient (Wildman–Crippen LogP) is 4.38. The summed E-state index contributed by atoms with van der Waals surface area (Å²) < 4.78 is 5.06. The number of thiazole rings is 1. The SMILES string of the molecule is COc1ccc(CN[C@H](C)c2nc(-c3ccccc3)cs2)cc1O. The van der Waals surface area contributed by atoms with Crippen LogP contribution in [0.1, 0.15) is 23.5 Å². The highest BCUT2D eigenvalue weighted by atomic mass is 32.1. The highest BCUT2D eigenvalue weighted by Gasteiger charge is 2.11. The molecule has 0 radical (unpaired) electrons. The second kappa shape index (κ2) is 7.47. The first kappa shape index (κ1) is 16.5. The maximum absolute atomic E-state index is 9.84. The average molecular weight is 340 g/mol. The van der Waals surface area contributed by atoms with Crippen molar-refractivity contribution in [1.29, 1.82) is 0 Å². The van der Waals surface area contributed by atoms with Gasteiger partial charge in [-0.2, -0.15) is 0 Å². The zero-order valence-corrected chi connectivity index (χ0v) is 14.5. The van der Waals surface area contributed by atoms with Crippen LogP contribution in [0.4, 0.5) is 0 Å². The summed E-state index contributed by atoms with van der Waals surface area (Å²) in [4.78, 5) is 4.72. The summed E-state index contributed by atoms with van der Waals surface area (Å²) in [5.41, 5.74) is 3.14. The minimum Gasteiger partial charge on any atom is -0.504 e. The van der Waals surface area contributed by atoms with E-state index in [0.29, 0.717) is 12.3 Å². The van der Waals surface area contributed by atoms with Gasteiger partial charge < -0.3 is 15.2 Å². The molecule has 0 saturated heterocycles. The third-order valence-corrected chi connectivity index (χ3v) is 4.85. The van der Waals surface area contributed by atoms with Crippen LogP contribution in [0.3, 0.4) is 0 Å². The van der Waals surface area contributed by atoms with Gasteiger partial charge in [-0.3, -0.25) is 0 Å². The van der Waals surface area contributed by atoms with Crippen LogP contribution in [0, 0.1) is 0 Å². The van der Waals surface area contributed by atoms with Gasteiger partial charge in [-0.1, -0.05) is 36.4 Å². The number of phenolic OH excluding ortho intramolecular Hbond substituents is 1. The summed E-state index contributed by atoms with van der Waals surface area (Å²) in [6.45, 7) is 2.75. The van der Waals surface area contributed by atoms with Crippen molar-refractivity contribution in [2.24, 2.45) is 0 Å². The van der Waals surface area contributed by atoms with Crippen molar-refractivity contribution in [2.45, 2.75) is 19.5 Å². The highest BCUT2D eigenvalue weighted by molar-refractivity contribution is 7.10. The molecule has 4 nitrogen and oxygen atoms in total. The van der Waals surface area contributed by atoms with E-state index in [4.69, 9.17) is 9.72 Å². The van der Waals surface area contributed by atoms with Crippen LogP contribution in [0.15, 0.2) is 53.9 Å². The van der Waals surface area contributed by atoms with Gasteiger partial charge in [0.1, 0.15) is 5.01 Å². The van der Waals surface area contributed by atoms with Crippen molar-refractivity contribution >= 4 is 11.3 Å². The lowest BCUT2D eigenvalue weighted by molar-refractivity contribution is 0.373. The number of methoxy groups -OCH3 is 1. The fraction of sp³-hybridized carbons (Fsp3) is 0.211. The van der Waals surface area contributed by atoms with Crippen molar-refractivity contribution in [3.05, 3.63) is 64.5 Å². The molecule has 24 heavy (non-hydrogen) atoms. The third kappa shape index (κ3) is 3.75. The Morgan fingerprint density at radius 3 is 2.71 bits per heavy atom. The Kier molecular flexibility index (Phi) is 5.13. The number of hydrogen-bond acceptors (Lipinski definition) is 5. The minimum absolute atomic E-state index is 0.136. The summed E-state index contributed by atoms with van der Waals surface area (Å²) in [5.74, 6) is 0.643. The number of aromatic hydroxyl groups is 1. The quantitative estimate of drug-likeness (QED) is 0.699. The topological polar surface area (TPSA) is 54.4 Å². The Balaban J connectivity index is 1.64. The van der Waals surface area contributed by atoms with Gasteiger partial charge in [0.2, 0.25) is 0 Å². The van der Waals surface area contributed by atoms with Crippen molar-refractivity contribution in [3.8, 4) is 22.8 Å². The highest BCUT2D eigenvalue weighted by Crippen LogP contribution is 2.27. The minimum atomic E-state index is 0.136. The smallest absolute Gasteiger partial charge is 0.160 e. The van der Waals surface area contributed by atoms with Gasteiger partial charge in [0, 0.05) is 17.5 Å². The van der Waals surface area contributed by atoms with Gasteiger partial charge >= 0.3 is 0 Å². The normalized spacial score (nSPS) is 12.1. The van der Waals surface area contributed by atoms with E-state index in [1.165, 1.54) is 0 Å². The molecule has 124 valence electrons. The molecule has 0 saturated carbocycles. The van der Waals surface area contributed by atoms with E-state index >= 15 is 0 Å². The molecule has 1 atom stereocenters. The summed E-state index contributed by atoms with van der Waals surface area (Å²) >= 11 is 1.65. The standard InChI is InChI=1S/C19H20N2O2S/c1-13(20-11-14-8-9-18(23-2)17(22)10-14)19-21-16(12-24-19)15-6-4-3-5-7-15/h3-10,12-13,20,22H,11H2,1-2H3/t13-/m1/s1. The van der Waals surface area contributed by atoms with Gasteiger partial charge in [-0.25, -0.2) is 4.98 Å². The Morgan fingerprint density at radius 2 is 2.00 bits per heavy atom. The second-order valence-corrected chi connectivity index (χ2v) is 6.44. The van der Waals surface area contributed by atoms with E-state index in [9.17, 15) is 5.11 Å². The van der Waals surface area contributed by atoms with Gasteiger partial charge in [-0.05, 0) is 24.6 Å². The van der Waals surface area contributed by atoms with Gasteiger partial charge in [0.15, 0.2) is 11.5 Å². The summed E-state index contributed by atoms with van der Waals surface area (Å²) in [7, 11) is 1.54. The monoisotopic (exact) mass is 340 g/mol. The Bertz CT molecular complexity index is 802. The van der Waals surface area contributed by atoms with E-state index in [1.807, 2.05) is 24.3 Å². The summed E-state index contributed by atoms with van der Waals surface area (Å²) in [6, 6.07) is 15.7. The van der Waals surface area contributed by atoms with Crippen LogP contribution < -0.4 is 10.1 Å². The number of phenols is 1. The number of rotatable bonds is 6. The summed E-state index contributed by atoms with van der Waals surface area (Å²) in [5, 5.41) is 16.4. The maximum atomic E-state index is 9.84. The molecular formula is C19H20N2O2S. The van der Waals surface area contributed by atoms with Crippen LogP contribution in [0.2, 0.25) is 0 Å². The van der Waals surface area contributed by atoms with E-state index < -0.39 is 0 Å². The van der Waals surface area contributed by atoms with Crippen LogP contribution in [0.5, 0.6) is 11.5 Å². The van der Waals surface area contributed by atoms with Crippen LogP contribution in [0.25, 0.3) is 11.3 Å². The second-order valence-electron chi connectivity index (χ2n) is 5.55. The lowest BCUT2D eigenvalue weighted by Crippen LogP contribution is -2.17. The molecule has 0 aliphatic rings. The zero-order chi connectivity index (χ0) is 16.9. The molecule has 0 aliphatic heterocycles. The maximum Gasteiger partial charge on any atom is 0.160 e. The first-order chi connectivity index (χ1) is 11.7. The van der Waals surface area contributed by atoms with Crippen molar-refractivity contribution in [2.75, 3.05) is 7.11 Å². The molecule has 2 N–H and O–H groups in total. The van der Waals surface area contributed by atoms with E-state index in [1.54, 1.807) is 30.6 Å². The zero-order valence-electron chi connectivity index (χ0n) is 13.7. The average Bonchev–Trinajstić information content (AvgIpc) is 3.11. The van der Waals surface area contributed by atoms with Crippen molar-refractivity contribution in [3.63, 3.8) is 0 Å². The van der Waals surface area contributed by atoms with E-state index in [2.05, 4.69) is 29.8 Å². The first-order valence-electron chi connectivity index (χ1n) is 7.77. The summed E-state index contributed by atoms with van der Waals surface area (Å²) in [6.07, 6.45) is 0. The molecule has 3 aromatic rings. The van der Waals surface area contributed by atoms with Gasteiger partial charge in [0.05, 0.1) is 18.8 Å². The molecule has 0 unspecified atom stereocenters. The fourth-order valence-electron chi connectivity index (χ4n) is 2.43. The number of hydrogen-bond donors (Lipinski definition) is 2. The number of nitrogens with one attached hydrogen (secondary N) is 1. The third-order valence-electron chi connectivity index (χ3n) is 3.82. The molecule has 5 heteroatoms. The first-order valence-corrected chi connectivity index (χ1v) is 8.65. The van der Waals surface area contributed by atoms with Crippen molar-refractivity contribution < 1.29 is 9.84 Å². The van der Waals surface area contributed by atoms with E-state index in [0.717, 1.165) is 21.8 Å². The molecule has 0 aliphatic carbocycles. The molecular weight excluding hydrogens is 320 g/mol. The van der Waals surface area contributed by atoms with Gasteiger partial charge in [-0.15, -0.1) is 11.3 Å². The van der Waals surface area contributed by atoms with E-state index in [-0.39, 0.29) is 11.8 Å². The Morgan fingerprint density at radius 1 is 1.21 bits per heavy atom. The number of benzene rings is 2. The lowest BCUT2D eigenvalue weighted by Gasteiger charge is -2.12. The molecule has 0 amide bonds. The van der Waals surface area contributed by atoms with Gasteiger partial charge in [0.25, 0.3) is 0 Å². The van der Waals surface area contributed by atoms with Crippen LogP contribution >= 0.6 is 11.3 Å². The molecule has 1 heterocycles. The Hall–Kier alpha value is -2.37. The predicted molar refractivity (Wildman–Crippen MR) is 97.5 cm³/mol. The molecule has 0 spiro atoms. The van der Waals surface area contributed by atoms with Crippen LogP contribution in [-0.2, 0) is 6.54 Å². The molecule has 3 rings (SSSR count). The number of aromatic nitrogens is 1. The molecule has 0 bridgehead atoms. The lowest BCUT2D eigenvalue weighted by atomic mass is 10.2. The Labute approximate surface area is 145 Å². The molecule has 2 aromatic carbocycles. The largest absolute Gasteiger partial charge is 0.504 e. The van der Waals surface area contributed by atoms with Crippen molar-refractivity contribution in [1.82, 2.24) is 10.3 Å². The number of nitrogens with zero attached hydrogens (tertiary/aromatic N) is 1. The fourth-order valence-corrected chi connectivity index (χ4v) is 3.29. The molecule has 1 aromatic heterocycles. The number of ether oxygens (including phenoxy) is 1. The van der Waals surface area contributed by atoms with Crippen LogP contribution in [-0.4, -0.2) is 17.2 Å². The molecule has 0 fully saturated rings.